The molecule has 0 unspecified atom stereocenters. The molecular formula is C17H25NO8. The Hall–Kier alpha value is -1.26. The summed E-state index contributed by atoms with van der Waals surface area (Å²) in [5, 5.41) is 1.79. The minimum absolute atomic E-state index is 0.138. The standard InChI is InChI=1S/C17H25NO8/c1-7-13(22-8(2)19)15(23-9(3)20)11-12-14-10(24-17(4,5)25-14)6-18(12)26-16(11)21-7/h7,10-16H,6H2,1-5H3/t7-,10+,11-,12-,13-,14+,15-,16-/m0/s1. The van der Waals surface area contributed by atoms with E-state index in [0.29, 0.717) is 6.54 Å². The monoisotopic (exact) mass is 371 g/mol. The summed E-state index contributed by atoms with van der Waals surface area (Å²) < 4.78 is 29.0. The first-order valence-corrected chi connectivity index (χ1v) is 8.95. The molecule has 9 heteroatoms. The van der Waals surface area contributed by atoms with Gasteiger partial charge in [-0.2, -0.15) is 5.06 Å². The van der Waals surface area contributed by atoms with Gasteiger partial charge in [0, 0.05) is 13.8 Å². The first-order chi connectivity index (χ1) is 12.2. The second kappa shape index (κ2) is 6.13. The molecule has 4 aliphatic heterocycles. The van der Waals surface area contributed by atoms with Crippen LogP contribution >= 0.6 is 0 Å². The van der Waals surface area contributed by atoms with Gasteiger partial charge in [0.15, 0.2) is 24.3 Å². The van der Waals surface area contributed by atoms with Crippen molar-refractivity contribution in [1.82, 2.24) is 5.06 Å². The smallest absolute Gasteiger partial charge is 0.303 e. The van der Waals surface area contributed by atoms with E-state index in [4.69, 9.17) is 28.5 Å². The fourth-order valence-corrected chi connectivity index (χ4v) is 4.58. The number of hydrogen-bond acceptors (Lipinski definition) is 9. The summed E-state index contributed by atoms with van der Waals surface area (Å²) in [6.07, 6.45) is -2.85. The maximum atomic E-state index is 11.7. The van der Waals surface area contributed by atoms with E-state index in [2.05, 4.69) is 0 Å². The molecule has 9 nitrogen and oxygen atoms in total. The lowest BCUT2D eigenvalue weighted by Gasteiger charge is -2.42. The Morgan fingerprint density at radius 1 is 1.08 bits per heavy atom. The van der Waals surface area contributed by atoms with Crippen LogP contribution in [-0.4, -0.2) is 72.2 Å². The van der Waals surface area contributed by atoms with Crippen molar-refractivity contribution < 1.29 is 38.1 Å². The molecule has 0 N–H and O–H groups in total. The highest BCUT2D eigenvalue weighted by Crippen LogP contribution is 2.48. The lowest BCUT2D eigenvalue weighted by Crippen LogP contribution is -2.59. The van der Waals surface area contributed by atoms with Crippen molar-refractivity contribution >= 4 is 11.9 Å². The molecule has 4 aliphatic rings. The van der Waals surface area contributed by atoms with Crippen molar-refractivity contribution in [3.8, 4) is 0 Å². The van der Waals surface area contributed by atoms with Crippen LogP contribution in [0, 0.1) is 5.92 Å². The van der Waals surface area contributed by atoms with Gasteiger partial charge < -0.3 is 23.7 Å². The van der Waals surface area contributed by atoms with Crippen LogP contribution in [0.5, 0.6) is 0 Å². The molecule has 4 heterocycles. The van der Waals surface area contributed by atoms with Crippen molar-refractivity contribution in [2.24, 2.45) is 5.92 Å². The van der Waals surface area contributed by atoms with E-state index in [-0.39, 0.29) is 24.2 Å². The highest BCUT2D eigenvalue weighted by atomic mass is 16.8. The van der Waals surface area contributed by atoms with Gasteiger partial charge in [-0.25, -0.2) is 0 Å². The SMILES string of the molecule is CC(=O)O[C@@H]1[C@@H](OC(C)=O)[C@H](C)O[C@H]2ON3C[C@H]4OC(C)(C)O[C@H]4[C@@H]3[C@H]21. The average molecular weight is 371 g/mol. The first kappa shape index (κ1) is 18.1. The molecule has 0 bridgehead atoms. The fraction of sp³-hybridized carbons (Fsp3) is 0.882. The summed E-state index contributed by atoms with van der Waals surface area (Å²) in [6, 6.07) is -0.221. The number of nitrogens with zero attached hydrogens (tertiary/aromatic N) is 1. The molecule has 0 amide bonds. The Kier molecular flexibility index (Phi) is 4.27. The Labute approximate surface area is 151 Å². The van der Waals surface area contributed by atoms with Gasteiger partial charge in [0.1, 0.15) is 12.2 Å². The van der Waals surface area contributed by atoms with Crippen molar-refractivity contribution in [3.63, 3.8) is 0 Å². The highest BCUT2D eigenvalue weighted by molar-refractivity contribution is 5.67. The summed E-state index contributed by atoms with van der Waals surface area (Å²) in [4.78, 5) is 29.3. The molecule has 0 aromatic heterocycles. The van der Waals surface area contributed by atoms with Crippen LogP contribution < -0.4 is 0 Å². The van der Waals surface area contributed by atoms with Gasteiger partial charge in [0.05, 0.1) is 24.6 Å². The van der Waals surface area contributed by atoms with E-state index in [0.717, 1.165) is 0 Å². The van der Waals surface area contributed by atoms with Crippen LogP contribution in [0.2, 0.25) is 0 Å². The lowest BCUT2D eigenvalue weighted by atomic mass is 9.84. The molecule has 0 spiro atoms. The predicted octanol–water partition coefficient (Wildman–Crippen LogP) is 0.360. The zero-order valence-corrected chi connectivity index (χ0v) is 15.5. The second-order valence-corrected chi connectivity index (χ2v) is 7.77. The van der Waals surface area contributed by atoms with Crippen LogP contribution in [0.25, 0.3) is 0 Å². The van der Waals surface area contributed by atoms with E-state index in [9.17, 15) is 9.59 Å². The molecule has 0 radical (unpaired) electrons. The Bertz CT molecular complexity index is 610. The number of carbonyl (C=O) groups is 2. The van der Waals surface area contributed by atoms with E-state index >= 15 is 0 Å². The van der Waals surface area contributed by atoms with Crippen LogP contribution in [0.4, 0.5) is 0 Å². The van der Waals surface area contributed by atoms with Gasteiger partial charge in [0.25, 0.3) is 0 Å². The molecule has 4 fully saturated rings. The van der Waals surface area contributed by atoms with Crippen molar-refractivity contribution in [2.45, 2.75) is 83.3 Å². The molecule has 4 rings (SSSR count). The third-order valence-corrected chi connectivity index (χ3v) is 5.32. The molecule has 0 aromatic carbocycles. The van der Waals surface area contributed by atoms with E-state index in [1.807, 2.05) is 13.8 Å². The normalized spacial score (nSPS) is 46.3. The van der Waals surface area contributed by atoms with Crippen molar-refractivity contribution in [2.75, 3.05) is 6.54 Å². The lowest BCUT2D eigenvalue weighted by molar-refractivity contribution is -0.296. The zero-order valence-electron chi connectivity index (χ0n) is 15.5. The van der Waals surface area contributed by atoms with Gasteiger partial charge in [-0.05, 0) is 20.8 Å². The maximum absolute atomic E-state index is 11.7. The summed E-state index contributed by atoms with van der Waals surface area (Å²) >= 11 is 0. The van der Waals surface area contributed by atoms with Crippen LogP contribution in [0.15, 0.2) is 0 Å². The molecule has 0 aromatic rings. The van der Waals surface area contributed by atoms with E-state index < -0.39 is 42.3 Å². The maximum Gasteiger partial charge on any atom is 0.303 e. The molecular weight excluding hydrogens is 346 g/mol. The van der Waals surface area contributed by atoms with Crippen molar-refractivity contribution in [1.29, 1.82) is 0 Å². The molecule has 26 heavy (non-hydrogen) atoms. The highest BCUT2D eigenvalue weighted by Gasteiger charge is 2.66. The van der Waals surface area contributed by atoms with Gasteiger partial charge in [-0.3, -0.25) is 14.4 Å². The van der Waals surface area contributed by atoms with E-state index in [1.54, 1.807) is 12.0 Å². The number of hydroxylamine groups is 2. The fourth-order valence-electron chi connectivity index (χ4n) is 4.58. The Balaban J connectivity index is 1.65. The van der Waals surface area contributed by atoms with Crippen LogP contribution in [0.3, 0.4) is 0 Å². The first-order valence-electron chi connectivity index (χ1n) is 8.95. The van der Waals surface area contributed by atoms with Gasteiger partial charge >= 0.3 is 11.9 Å². The van der Waals surface area contributed by atoms with E-state index in [1.165, 1.54) is 13.8 Å². The minimum Gasteiger partial charge on any atom is -0.458 e. The summed E-state index contributed by atoms with van der Waals surface area (Å²) in [5.74, 6) is -1.94. The summed E-state index contributed by atoms with van der Waals surface area (Å²) in [7, 11) is 0. The molecule has 8 atom stereocenters. The topological polar surface area (TPSA) is 92.8 Å². The Morgan fingerprint density at radius 3 is 2.38 bits per heavy atom. The van der Waals surface area contributed by atoms with Gasteiger partial charge in [-0.15, -0.1) is 0 Å². The largest absolute Gasteiger partial charge is 0.458 e. The number of esters is 2. The summed E-state index contributed by atoms with van der Waals surface area (Å²) in [6.45, 7) is 8.70. The van der Waals surface area contributed by atoms with Gasteiger partial charge in [0.2, 0.25) is 0 Å². The van der Waals surface area contributed by atoms with Crippen LogP contribution in [0.1, 0.15) is 34.6 Å². The minimum atomic E-state index is -0.712. The number of hydrogen-bond donors (Lipinski definition) is 0. The average Bonchev–Trinajstić information content (AvgIpc) is 3.07. The quantitative estimate of drug-likeness (QED) is 0.638. The molecule has 146 valence electrons. The molecule has 0 aliphatic carbocycles. The second-order valence-electron chi connectivity index (χ2n) is 7.77. The molecule has 4 saturated heterocycles. The zero-order chi connectivity index (χ0) is 18.8. The number of carbonyl (C=O) groups excluding carboxylic acids is 2. The van der Waals surface area contributed by atoms with Crippen molar-refractivity contribution in [3.05, 3.63) is 0 Å². The summed E-state index contributed by atoms with van der Waals surface area (Å²) in [5.41, 5.74) is 0. The number of fused-ring (bicyclic) bond motifs is 5. The predicted molar refractivity (Wildman–Crippen MR) is 84.3 cm³/mol. The molecule has 0 saturated carbocycles. The van der Waals surface area contributed by atoms with Gasteiger partial charge in [-0.1, -0.05) is 0 Å². The number of rotatable bonds is 2. The van der Waals surface area contributed by atoms with Crippen LogP contribution in [-0.2, 0) is 38.1 Å². The third kappa shape index (κ3) is 2.91. The number of ether oxygens (including phenoxy) is 5. The third-order valence-electron chi connectivity index (χ3n) is 5.32. The Morgan fingerprint density at radius 2 is 1.73 bits per heavy atom.